The molecule has 1 atom stereocenters. The van der Waals surface area contributed by atoms with Gasteiger partial charge in [0.25, 0.3) is 10.2 Å². The van der Waals surface area contributed by atoms with Crippen molar-refractivity contribution in [2.45, 2.75) is 63.5 Å². The molecule has 2 heterocycles. The summed E-state index contributed by atoms with van der Waals surface area (Å²) in [5.74, 6) is 0.150. The zero-order valence-corrected chi connectivity index (χ0v) is 16.1. The Hall–Kier alpha value is -0.700. The number of nitrogens with one attached hydrogen (secondary N) is 1. The number of carbonyl (C=O) groups excluding carboxylic acids is 1. The van der Waals surface area contributed by atoms with E-state index in [9.17, 15) is 13.2 Å². The van der Waals surface area contributed by atoms with E-state index in [0.717, 1.165) is 45.1 Å². The SMILES string of the molecule is CN(C1CCCCC1)S(=O)(=O)N1CCN(C(=O)CC2CCCN2)CC1. The second-order valence-electron chi connectivity index (χ2n) is 7.59. The molecule has 1 aliphatic carbocycles. The number of carbonyl (C=O) groups is 1. The molecular formula is C17H32N4O3S. The third-order valence-corrected chi connectivity index (χ3v) is 8.00. The van der Waals surface area contributed by atoms with Crippen molar-refractivity contribution in [2.75, 3.05) is 39.8 Å². The van der Waals surface area contributed by atoms with Crippen LogP contribution in [-0.2, 0) is 15.0 Å². The predicted molar refractivity (Wildman–Crippen MR) is 97.4 cm³/mol. The molecule has 3 fully saturated rings. The van der Waals surface area contributed by atoms with Crippen molar-refractivity contribution in [3.63, 3.8) is 0 Å². The van der Waals surface area contributed by atoms with Gasteiger partial charge in [-0.3, -0.25) is 4.79 Å². The average Bonchev–Trinajstić information content (AvgIpc) is 3.15. The fourth-order valence-corrected chi connectivity index (χ4v) is 5.83. The van der Waals surface area contributed by atoms with Gasteiger partial charge in [-0.15, -0.1) is 0 Å². The molecule has 3 aliphatic rings. The van der Waals surface area contributed by atoms with Crippen molar-refractivity contribution < 1.29 is 13.2 Å². The number of nitrogens with zero attached hydrogens (tertiary/aromatic N) is 3. The van der Waals surface area contributed by atoms with Crippen LogP contribution in [0.25, 0.3) is 0 Å². The fourth-order valence-electron chi connectivity index (χ4n) is 4.25. The minimum Gasteiger partial charge on any atom is -0.340 e. The molecule has 1 N–H and O–H groups in total. The molecule has 1 unspecified atom stereocenters. The lowest BCUT2D eigenvalue weighted by molar-refractivity contribution is -0.132. The number of amides is 1. The van der Waals surface area contributed by atoms with Gasteiger partial charge in [-0.2, -0.15) is 17.0 Å². The van der Waals surface area contributed by atoms with Crippen LogP contribution in [0.4, 0.5) is 0 Å². The summed E-state index contributed by atoms with van der Waals surface area (Å²) in [6.07, 6.45) is 8.09. The molecule has 7 nitrogen and oxygen atoms in total. The first-order valence-electron chi connectivity index (χ1n) is 9.73. The number of rotatable bonds is 5. The summed E-state index contributed by atoms with van der Waals surface area (Å²) >= 11 is 0. The van der Waals surface area contributed by atoms with E-state index in [4.69, 9.17) is 0 Å². The Kier molecular flexibility index (Phi) is 6.35. The molecule has 0 radical (unpaired) electrons. The van der Waals surface area contributed by atoms with E-state index in [1.807, 2.05) is 4.90 Å². The van der Waals surface area contributed by atoms with Gasteiger partial charge in [0.05, 0.1) is 0 Å². The zero-order valence-electron chi connectivity index (χ0n) is 15.3. The highest BCUT2D eigenvalue weighted by molar-refractivity contribution is 7.86. The normalized spacial score (nSPS) is 27.1. The topological polar surface area (TPSA) is 73.0 Å². The Morgan fingerprint density at radius 1 is 1.04 bits per heavy atom. The molecule has 2 aliphatic heterocycles. The highest BCUT2D eigenvalue weighted by atomic mass is 32.2. The maximum Gasteiger partial charge on any atom is 0.282 e. The molecule has 0 aromatic carbocycles. The van der Waals surface area contributed by atoms with Gasteiger partial charge in [-0.1, -0.05) is 19.3 Å². The second-order valence-corrected chi connectivity index (χ2v) is 9.58. The quantitative estimate of drug-likeness (QED) is 0.774. The minimum atomic E-state index is -3.42. The highest BCUT2D eigenvalue weighted by Gasteiger charge is 2.35. The Balaban J connectivity index is 1.51. The van der Waals surface area contributed by atoms with Crippen LogP contribution in [0.3, 0.4) is 0 Å². The summed E-state index contributed by atoms with van der Waals surface area (Å²) < 4.78 is 28.9. The maximum absolute atomic E-state index is 12.9. The van der Waals surface area contributed by atoms with Crippen LogP contribution in [0.2, 0.25) is 0 Å². The summed E-state index contributed by atoms with van der Waals surface area (Å²) in [4.78, 5) is 14.2. The Morgan fingerprint density at radius 3 is 2.32 bits per heavy atom. The number of hydrogen-bond acceptors (Lipinski definition) is 4. The van der Waals surface area contributed by atoms with Crippen LogP contribution in [0.15, 0.2) is 0 Å². The zero-order chi connectivity index (χ0) is 17.9. The average molecular weight is 373 g/mol. The largest absolute Gasteiger partial charge is 0.340 e. The van der Waals surface area contributed by atoms with Gasteiger partial charge in [0, 0.05) is 51.7 Å². The highest BCUT2D eigenvalue weighted by Crippen LogP contribution is 2.25. The van der Waals surface area contributed by atoms with Gasteiger partial charge in [0.15, 0.2) is 0 Å². The Morgan fingerprint density at radius 2 is 1.72 bits per heavy atom. The van der Waals surface area contributed by atoms with Crippen molar-refractivity contribution in [3.05, 3.63) is 0 Å². The molecule has 25 heavy (non-hydrogen) atoms. The molecule has 0 spiro atoms. The van der Waals surface area contributed by atoms with Gasteiger partial charge in [-0.25, -0.2) is 0 Å². The van der Waals surface area contributed by atoms with Crippen molar-refractivity contribution in [3.8, 4) is 0 Å². The monoisotopic (exact) mass is 372 g/mol. The number of hydrogen-bond donors (Lipinski definition) is 1. The molecule has 1 saturated carbocycles. The first-order valence-corrected chi connectivity index (χ1v) is 11.1. The van der Waals surface area contributed by atoms with Crippen LogP contribution < -0.4 is 5.32 Å². The summed E-state index contributed by atoms with van der Waals surface area (Å²) in [5.41, 5.74) is 0. The summed E-state index contributed by atoms with van der Waals surface area (Å²) in [6, 6.07) is 0.429. The van der Waals surface area contributed by atoms with E-state index in [1.54, 1.807) is 15.7 Å². The lowest BCUT2D eigenvalue weighted by atomic mass is 9.96. The van der Waals surface area contributed by atoms with Crippen LogP contribution in [0.5, 0.6) is 0 Å². The van der Waals surface area contributed by atoms with Gasteiger partial charge >= 0.3 is 0 Å². The molecule has 0 aromatic rings. The minimum absolute atomic E-state index is 0.131. The summed E-state index contributed by atoms with van der Waals surface area (Å²) in [7, 11) is -1.70. The molecule has 2 saturated heterocycles. The van der Waals surface area contributed by atoms with Gasteiger partial charge in [0.2, 0.25) is 5.91 Å². The molecule has 3 rings (SSSR count). The van der Waals surface area contributed by atoms with E-state index in [1.165, 1.54) is 6.42 Å². The van der Waals surface area contributed by atoms with Crippen LogP contribution in [0.1, 0.15) is 51.4 Å². The molecular weight excluding hydrogens is 340 g/mol. The summed E-state index contributed by atoms with van der Waals surface area (Å²) in [5, 5.41) is 3.35. The molecule has 8 heteroatoms. The van der Waals surface area contributed by atoms with E-state index < -0.39 is 10.2 Å². The van der Waals surface area contributed by atoms with Crippen LogP contribution in [0, 0.1) is 0 Å². The predicted octanol–water partition coefficient (Wildman–Crippen LogP) is 0.782. The third-order valence-electron chi connectivity index (χ3n) is 5.95. The molecule has 0 aromatic heterocycles. The second kappa shape index (κ2) is 8.33. The van der Waals surface area contributed by atoms with Gasteiger partial charge in [0.1, 0.15) is 0 Å². The first kappa shape index (κ1) is 19.1. The smallest absolute Gasteiger partial charge is 0.282 e. The lowest BCUT2D eigenvalue weighted by Crippen LogP contribution is -2.55. The third kappa shape index (κ3) is 4.53. The van der Waals surface area contributed by atoms with Gasteiger partial charge in [-0.05, 0) is 32.2 Å². The maximum atomic E-state index is 12.9. The van der Waals surface area contributed by atoms with Crippen molar-refractivity contribution in [2.24, 2.45) is 0 Å². The standard InChI is InChI=1S/C17H32N4O3S/c1-19(16-7-3-2-4-8-16)25(23,24)21-12-10-20(11-13-21)17(22)14-15-6-5-9-18-15/h15-16,18H,2-14H2,1H3. The first-order chi connectivity index (χ1) is 12.0. The van der Waals surface area contributed by atoms with E-state index >= 15 is 0 Å². The van der Waals surface area contributed by atoms with E-state index in [-0.39, 0.29) is 11.9 Å². The lowest BCUT2D eigenvalue weighted by Gasteiger charge is -2.39. The van der Waals surface area contributed by atoms with Crippen LogP contribution in [-0.4, -0.2) is 79.7 Å². The molecule has 1 amide bonds. The van der Waals surface area contributed by atoms with E-state index in [2.05, 4.69) is 5.32 Å². The summed E-state index contributed by atoms with van der Waals surface area (Å²) in [6.45, 7) is 2.82. The molecule has 0 bridgehead atoms. The number of piperazine rings is 1. The Bertz CT molecular complexity index is 548. The van der Waals surface area contributed by atoms with Gasteiger partial charge < -0.3 is 10.2 Å². The van der Waals surface area contributed by atoms with Crippen molar-refractivity contribution >= 4 is 16.1 Å². The van der Waals surface area contributed by atoms with Crippen LogP contribution >= 0.6 is 0 Å². The molecule has 144 valence electrons. The van der Waals surface area contributed by atoms with E-state index in [0.29, 0.717) is 38.6 Å². The van der Waals surface area contributed by atoms with Crippen molar-refractivity contribution in [1.82, 2.24) is 18.8 Å². The van der Waals surface area contributed by atoms with Crippen molar-refractivity contribution in [1.29, 1.82) is 0 Å². The Labute approximate surface area is 151 Å². The fraction of sp³-hybridized carbons (Fsp3) is 0.941.